The van der Waals surface area contributed by atoms with E-state index in [1.54, 1.807) is 13.3 Å². The predicted octanol–water partition coefficient (Wildman–Crippen LogP) is 1.95. The number of nitrogens with one attached hydrogen (secondary N) is 2. The van der Waals surface area contributed by atoms with Crippen molar-refractivity contribution in [3.8, 4) is 5.75 Å². The van der Waals surface area contributed by atoms with Crippen molar-refractivity contribution >= 4 is 17.3 Å². The molecule has 0 aliphatic heterocycles. The molecule has 5 nitrogen and oxygen atoms in total. The molecule has 0 fully saturated rings. The van der Waals surface area contributed by atoms with Gasteiger partial charge >= 0.3 is 0 Å². The first-order valence-corrected chi connectivity index (χ1v) is 7.29. The van der Waals surface area contributed by atoms with Gasteiger partial charge in [-0.15, -0.1) is 0 Å². The molecular weight excluding hydrogens is 284 g/mol. The molecular formula is C15H20N4OS. The summed E-state index contributed by atoms with van der Waals surface area (Å²) in [4.78, 5) is 4.01. The lowest BCUT2D eigenvalue weighted by Crippen LogP contribution is -2.35. The van der Waals surface area contributed by atoms with Crippen molar-refractivity contribution in [3.63, 3.8) is 0 Å². The molecule has 0 radical (unpaired) electrons. The Kier molecular flexibility index (Phi) is 6.02. The maximum Gasteiger partial charge on any atom is 0.166 e. The number of aryl methyl sites for hydroxylation is 1. The Balaban J connectivity index is 1.60. The summed E-state index contributed by atoms with van der Waals surface area (Å²) in [6.45, 7) is 2.48. The lowest BCUT2D eigenvalue weighted by Gasteiger charge is -2.11. The normalized spacial score (nSPS) is 10.1. The molecule has 0 atom stereocenters. The molecule has 0 bridgehead atoms. The van der Waals surface area contributed by atoms with Crippen LogP contribution in [0.5, 0.6) is 5.75 Å². The molecule has 0 spiro atoms. The van der Waals surface area contributed by atoms with Crippen LogP contribution in [-0.4, -0.2) is 28.3 Å². The van der Waals surface area contributed by atoms with Crippen molar-refractivity contribution in [2.45, 2.75) is 19.5 Å². The summed E-state index contributed by atoms with van der Waals surface area (Å²) >= 11 is 5.25. The van der Waals surface area contributed by atoms with Crippen LogP contribution in [-0.2, 0) is 13.1 Å². The van der Waals surface area contributed by atoms with Gasteiger partial charge in [-0.3, -0.25) is 0 Å². The SMILES string of the molecule is COc1ccc(CNC(=S)NCCCn2ccnc2)cc1. The molecule has 2 rings (SSSR count). The van der Waals surface area contributed by atoms with Gasteiger partial charge in [-0.05, 0) is 36.3 Å². The molecule has 0 aliphatic rings. The first-order valence-electron chi connectivity index (χ1n) is 6.88. The molecule has 21 heavy (non-hydrogen) atoms. The van der Waals surface area contributed by atoms with Gasteiger partial charge in [-0.25, -0.2) is 4.98 Å². The fraction of sp³-hybridized carbons (Fsp3) is 0.333. The van der Waals surface area contributed by atoms with Crippen molar-refractivity contribution in [1.82, 2.24) is 20.2 Å². The molecule has 0 amide bonds. The number of methoxy groups -OCH3 is 1. The highest BCUT2D eigenvalue weighted by Crippen LogP contribution is 2.10. The summed E-state index contributed by atoms with van der Waals surface area (Å²) in [6.07, 6.45) is 6.57. The highest BCUT2D eigenvalue weighted by molar-refractivity contribution is 7.80. The van der Waals surface area contributed by atoms with Gasteiger partial charge in [0.2, 0.25) is 0 Å². The number of hydrogen-bond acceptors (Lipinski definition) is 3. The van der Waals surface area contributed by atoms with E-state index in [9.17, 15) is 0 Å². The standard InChI is InChI=1S/C15H20N4OS/c1-20-14-5-3-13(4-6-14)11-18-15(21)17-7-2-9-19-10-8-16-12-19/h3-6,8,10,12H,2,7,9,11H2,1H3,(H2,17,18,21). The summed E-state index contributed by atoms with van der Waals surface area (Å²) in [5.41, 5.74) is 1.17. The number of aromatic nitrogens is 2. The van der Waals surface area contributed by atoms with E-state index < -0.39 is 0 Å². The number of hydrogen-bond donors (Lipinski definition) is 2. The fourth-order valence-electron chi connectivity index (χ4n) is 1.87. The van der Waals surface area contributed by atoms with Crippen molar-refractivity contribution in [2.24, 2.45) is 0 Å². The average molecular weight is 304 g/mol. The van der Waals surface area contributed by atoms with Crippen LogP contribution in [0.3, 0.4) is 0 Å². The summed E-state index contributed by atoms with van der Waals surface area (Å²) in [5.74, 6) is 0.860. The average Bonchev–Trinajstić information content (AvgIpc) is 3.03. The minimum Gasteiger partial charge on any atom is -0.497 e. The number of thiocarbonyl (C=S) groups is 1. The van der Waals surface area contributed by atoms with E-state index in [0.717, 1.165) is 25.3 Å². The maximum absolute atomic E-state index is 5.25. The maximum atomic E-state index is 5.25. The van der Waals surface area contributed by atoms with Crippen molar-refractivity contribution in [2.75, 3.05) is 13.7 Å². The lowest BCUT2D eigenvalue weighted by molar-refractivity contribution is 0.414. The van der Waals surface area contributed by atoms with Crippen LogP contribution in [0.4, 0.5) is 0 Å². The number of imidazole rings is 1. The van der Waals surface area contributed by atoms with Crippen LogP contribution in [0.2, 0.25) is 0 Å². The molecule has 2 aromatic rings. The van der Waals surface area contributed by atoms with Crippen LogP contribution in [0, 0.1) is 0 Å². The third-order valence-corrected chi connectivity index (χ3v) is 3.34. The van der Waals surface area contributed by atoms with Crippen molar-refractivity contribution < 1.29 is 4.74 Å². The summed E-state index contributed by atoms with van der Waals surface area (Å²) in [6, 6.07) is 7.93. The van der Waals surface area contributed by atoms with Crippen LogP contribution in [0.15, 0.2) is 43.0 Å². The molecule has 112 valence electrons. The van der Waals surface area contributed by atoms with Gasteiger partial charge in [0.25, 0.3) is 0 Å². The van der Waals surface area contributed by atoms with Crippen molar-refractivity contribution in [3.05, 3.63) is 48.5 Å². The molecule has 0 saturated carbocycles. The molecule has 6 heteroatoms. The molecule has 0 unspecified atom stereocenters. The zero-order valence-corrected chi connectivity index (χ0v) is 12.9. The smallest absolute Gasteiger partial charge is 0.166 e. The van der Waals surface area contributed by atoms with Gasteiger partial charge in [-0.1, -0.05) is 12.1 Å². The first kappa shape index (κ1) is 15.3. The van der Waals surface area contributed by atoms with E-state index in [-0.39, 0.29) is 0 Å². The zero-order valence-electron chi connectivity index (χ0n) is 12.1. The first-order chi connectivity index (χ1) is 10.3. The number of nitrogens with zero attached hydrogens (tertiary/aromatic N) is 2. The van der Waals surface area contributed by atoms with Gasteiger partial charge < -0.3 is 19.9 Å². The Bertz CT molecular complexity index is 539. The van der Waals surface area contributed by atoms with E-state index in [1.165, 1.54) is 5.56 Å². The highest BCUT2D eigenvalue weighted by Gasteiger charge is 1.98. The summed E-state index contributed by atoms with van der Waals surface area (Å²) < 4.78 is 7.18. The van der Waals surface area contributed by atoms with Crippen LogP contribution >= 0.6 is 12.2 Å². The van der Waals surface area contributed by atoms with Gasteiger partial charge in [0, 0.05) is 32.0 Å². The van der Waals surface area contributed by atoms with Crippen LogP contribution in [0.25, 0.3) is 0 Å². The van der Waals surface area contributed by atoms with E-state index in [0.29, 0.717) is 11.7 Å². The number of ether oxygens (including phenoxy) is 1. The van der Waals surface area contributed by atoms with E-state index in [2.05, 4.69) is 20.2 Å². The summed E-state index contributed by atoms with van der Waals surface area (Å²) in [7, 11) is 1.66. The lowest BCUT2D eigenvalue weighted by atomic mass is 10.2. The Morgan fingerprint density at radius 1 is 1.29 bits per heavy atom. The van der Waals surface area contributed by atoms with Gasteiger partial charge in [-0.2, -0.15) is 0 Å². The zero-order chi connectivity index (χ0) is 14.9. The molecule has 0 aliphatic carbocycles. The Morgan fingerprint density at radius 3 is 2.76 bits per heavy atom. The molecule has 1 heterocycles. The highest BCUT2D eigenvalue weighted by atomic mass is 32.1. The number of benzene rings is 1. The Hall–Kier alpha value is -2.08. The monoisotopic (exact) mass is 304 g/mol. The van der Waals surface area contributed by atoms with Crippen LogP contribution < -0.4 is 15.4 Å². The van der Waals surface area contributed by atoms with E-state index >= 15 is 0 Å². The minimum absolute atomic E-state index is 0.677. The Labute approximate surface area is 130 Å². The van der Waals surface area contributed by atoms with Crippen molar-refractivity contribution in [1.29, 1.82) is 0 Å². The minimum atomic E-state index is 0.677. The molecule has 2 N–H and O–H groups in total. The van der Waals surface area contributed by atoms with Gasteiger partial charge in [0.1, 0.15) is 5.75 Å². The molecule has 1 aromatic heterocycles. The van der Waals surface area contributed by atoms with Gasteiger partial charge in [0.05, 0.1) is 13.4 Å². The fourth-order valence-corrected chi connectivity index (χ4v) is 2.05. The largest absolute Gasteiger partial charge is 0.497 e. The van der Waals surface area contributed by atoms with Gasteiger partial charge in [0.15, 0.2) is 5.11 Å². The second-order valence-electron chi connectivity index (χ2n) is 4.61. The third kappa shape index (κ3) is 5.43. The number of rotatable bonds is 7. The predicted molar refractivity (Wildman–Crippen MR) is 87.3 cm³/mol. The van der Waals surface area contributed by atoms with E-state index in [4.69, 9.17) is 17.0 Å². The van der Waals surface area contributed by atoms with E-state index in [1.807, 2.05) is 36.8 Å². The Morgan fingerprint density at radius 2 is 2.10 bits per heavy atom. The summed E-state index contributed by atoms with van der Waals surface area (Å²) in [5, 5.41) is 7.07. The van der Waals surface area contributed by atoms with Crippen LogP contribution in [0.1, 0.15) is 12.0 Å². The quantitative estimate of drug-likeness (QED) is 0.605. The second-order valence-corrected chi connectivity index (χ2v) is 5.02. The second kappa shape index (κ2) is 8.26. The molecule has 0 saturated heterocycles. The topological polar surface area (TPSA) is 51.1 Å². The molecule has 1 aromatic carbocycles. The third-order valence-electron chi connectivity index (χ3n) is 3.05.